The number of amides is 6. The number of fused-ring (bicyclic) bond motifs is 2. The number of carbonyl (C=O) groups is 6. The Bertz CT molecular complexity index is 3190. The van der Waals surface area contributed by atoms with Crippen LogP contribution in [-0.2, 0) is 28.8 Å². The zero-order valence-corrected chi connectivity index (χ0v) is 44.8. The molecule has 2 spiro atoms. The van der Waals surface area contributed by atoms with E-state index in [4.69, 9.17) is 0 Å². The van der Waals surface area contributed by atoms with E-state index in [9.17, 15) is 69.6 Å². The van der Waals surface area contributed by atoms with Gasteiger partial charge in [-0.3, -0.25) is 38.7 Å². The average molecular weight is 1140 g/mol. The van der Waals surface area contributed by atoms with E-state index in [1.54, 1.807) is 5.32 Å². The standard InChI is InChI=1S/C53H54F8N10O6S2/c1-48(2,3)40(68-46(76)52(56,57)58)44(74)71-26-51(17-38(71)43(73)67-36(19-63)34-23-65-21-28-15-30(55)9-11-32(28)34)78-24-39(79-51)49(4,5)41(69-47(77)53(59,60)61)45(75)70-25-50(12-6-7-13-50)16-37(70)42(72)66-35(18-62)33-22-64-20-27-14-29(54)8-10-31(27)33/h8-11,14-15,20-23,35-41H,6-7,12-13,16-17,24-26H2,1-5H3,(H,66,72)(H,67,73)(H,68,76)(H,69,77)/t35?,36?,37-,38-,39?,40+,41+,51?/m0/s1. The number of pyridine rings is 2. The molecule has 79 heavy (non-hydrogen) atoms. The fourth-order valence-electron chi connectivity index (χ4n) is 11.2. The quantitative estimate of drug-likeness (QED) is 0.101. The van der Waals surface area contributed by atoms with E-state index in [0.717, 1.165) is 64.4 Å². The molecule has 2 aromatic carbocycles. The van der Waals surface area contributed by atoms with Crippen LogP contribution >= 0.6 is 23.5 Å². The number of carbonyl (C=O) groups excluding carboxylic acids is 6. The van der Waals surface area contributed by atoms with Crippen molar-refractivity contribution in [2.24, 2.45) is 16.2 Å². The monoisotopic (exact) mass is 1140 g/mol. The summed E-state index contributed by atoms with van der Waals surface area (Å²) in [6, 6.07) is 1.67. The van der Waals surface area contributed by atoms with Crippen LogP contribution in [0.1, 0.15) is 96.4 Å². The summed E-state index contributed by atoms with van der Waals surface area (Å²) in [7, 11) is 0. The molecule has 3 saturated heterocycles. The molecule has 6 amide bonds. The van der Waals surface area contributed by atoms with Crippen LogP contribution in [0.3, 0.4) is 0 Å². The summed E-state index contributed by atoms with van der Waals surface area (Å²) in [6.07, 6.45) is -3.34. The van der Waals surface area contributed by atoms with Gasteiger partial charge in [-0.25, -0.2) is 8.78 Å². The molecule has 8 atom stereocenters. The number of alkyl halides is 6. The first-order valence-electron chi connectivity index (χ1n) is 25.1. The minimum atomic E-state index is -5.51. The van der Waals surface area contributed by atoms with Gasteiger partial charge in [-0.2, -0.15) is 36.9 Å². The molecule has 4 aliphatic rings. The molecule has 4 fully saturated rings. The Labute approximate surface area is 456 Å². The van der Waals surface area contributed by atoms with Gasteiger partial charge in [0.05, 0.1) is 16.2 Å². The normalized spacial score (nSPS) is 22.7. The molecule has 1 aliphatic carbocycles. The number of benzene rings is 2. The lowest BCUT2D eigenvalue weighted by molar-refractivity contribution is -0.176. The van der Waals surface area contributed by atoms with Gasteiger partial charge in [0, 0.05) is 82.6 Å². The van der Waals surface area contributed by atoms with Gasteiger partial charge in [-0.05, 0) is 65.1 Å². The van der Waals surface area contributed by atoms with E-state index in [0.29, 0.717) is 29.0 Å². The topological polar surface area (TPSA) is 230 Å². The van der Waals surface area contributed by atoms with Crippen LogP contribution in [0.4, 0.5) is 35.1 Å². The van der Waals surface area contributed by atoms with E-state index in [1.807, 2.05) is 17.5 Å². The highest BCUT2D eigenvalue weighted by Crippen LogP contribution is 2.60. The SMILES string of the molecule is CC(C)(C)[C@H](NC(=O)C(F)(F)F)C(=O)N1CC2(C[C@H]1C(=O)NC(C#N)c1cncc3cc(F)ccc13)SCC(C(C)(C)[C@H](NC(=O)C(F)(F)F)C(=O)N1CC3(CCCC3)C[C@H]1C(=O)NC(C#N)c1cncc3cc(F)ccc13)S2. The second-order valence-electron chi connectivity index (χ2n) is 22.2. The maximum absolute atomic E-state index is 15.3. The molecule has 0 bridgehead atoms. The van der Waals surface area contributed by atoms with Crippen LogP contribution in [0.2, 0.25) is 0 Å². The molecule has 5 heterocycles. The molecule has 420 valence electrons. The Morgan fingerprint density at radius 3 is 1.58 bits per heavy atom. The van der Waals surface area contributed by atoms with E-state index >= 15 is 4.79 Å². The number of hydrogen-bond acceptors (Lipinski definition) is 12. The molecule has 0 radical (unpaired) electrons. The molecule has 26 heteroatoms. The predicted octanol–water partition coefficient (Wildman–Crippen LogP) is 7.60. The summed E-state index contributed by atoms with van der Waals surface area (Å²) >= 11 is 2.19. The van der Waals surface area contributed by atoms with Crippen molar-refractivity contribution in [2.75, 3.05) is 18.8 Å². The van der Waals surface area contributed by atoms with E-state index in [-0.39, 0.29) is 41.7 Å². The zero-order valence-electron chi connectivity index (χ0n) is 43.2. The molecule has 2 aromatic heterocycles. The van der Waals surface area contributed by atoms with Crippen molar-refractivity contribution in [2.45, 2.75) is 131 Å². The fraction of sp³-hybridized carbons (Fsp3) is 0.509. The second-order valence-corrected chi connectivity index (χ2v) is 25.5. The van der Waals surface area contributed by atoms with Crippen LogP contribution in [0.25, 0.3) is 21.5 Å². The number of aromatic nitrogens is 2. The zero-order chi connectivity index (χ0) is 57.8. The third-order valence-corrected chi connectivity index (χ3v) is 19.4. The van der Waals surface area contributed by atoms with E-state index in [2.05, 4.69) is 20.6 Å². The number of nitrogens with zero attached hydrogens (tertiary/aromatic N) is 6. The number of nitrogens with one attached hydrogen (secondary N) is 4. The second kappa shape index (κ2) is 21.7. The maximum atomic E-state index is 15.3. The molecule has 1 saturated carbocycles. The van der Waals surface area contributed by atoms with Crippen molar-refractivity contribution in [3.05, 3.63) is 83.9 Å². The first kappa shape index (κ1) is 58.4. The van der Waals surface area contributed by atoms with Gasteiger partial charge in [0.15, 0.2) is 0 Å². The van der Waals surface area contributed by atoms with Crippen molar-refractivity contribution < 1.29 is 63.9 Å². The highest BCUT2D eigenvalue weighted by Gasteiger charge is 2.61. The fourth-order valence-corrected chi connectivity index (χ4v) is 15.3. The highest BCUT2D eigenvalue weighted by molar-refractivity contribution is 8.21. The lowest BCUT2D eigenvalue weighted by Crippen LogP contribution is -2.62. The van der Waals surface area contributed by atoms with Gasteiger partial charge in [-0.1, -0.05) is 59.6 Å². The number of nitriles is 2. The van der Waals surface area contributed by atoms with Gasteiger partial charge in [-0.15, -0.1) is 23.5 Å². The lowest BCUT2D eigenvalue weighted by Gasteiger charge is -2.41. The number of halogens is 8. The summed E-state index contributed by atoms with van der Waals surface area (Å²) in [5.74, 6) is -10.1. The number of likely N-dealkylation sites (tertiary alicyclic amines) is 2. The maximum Gasteiger partial charge on any atom is 0.471 e. The summed E-state index contributed by atoms with van der Waals surface area (Å²) < 4.78 is 112. The third-order valence-electron chi connectivity index (χ3n) is 15.4. The molecule has 4 unspecified atom stereocenters. The average Bonchev–Trinajstić information content (AvgIpc) is 4.33. The lowest BCUT2D eigenvalue weighted by atomic mass is 9.80. The van der Waals surface area contributed by atoms with Crippen molar-refractivity contribution in [3.8, 4) is 12.1 Å². The van der Waals surface area contributed by atoms with Crippen LogP contribution in [0.15, 0.2) is 61.2 Å². The van der Waals surface area contributed by atoms with Crippen molar-refractivity contribution in [3.63, 3.8) is 0 Å². The van der Waals surface area contributed by atoms with Crippen molar-refractivity contribution >= 4 is 80.5 Å². The third kappa shape index (κ3) is 11.9. The van der Waals surface area contributed by atoms with Gasteiger partial charge < -0.3 is 31.1 Å². The predicted molar refractivity (Wildman–Crippen MR) is 273 cm³/mol. The number of rotatable bonds is 12. The van der Waals surface area contributed by atoms with Gasteiger partial charge in [0.2, 0.25) is 23.6 Å². The Balaban J connectivity index is 1.12. The molecular formula is C53H54F8N10O6S2. The summed E-state index contributed by atoms with van der Waals surface area (Å²) in [6.45, 7) is 6.52. The van der Waals surface area contributed by atoms with Gasteiger partial charge in [0.25, 0.3) is 0 Å². The molecular weight excluding hydrogens is 1090 g/mol. The molecule has 8 rings (SSSR count). The number of thioether (sulfide) groups is 2. The highest BCUT2D eigenvalue weighted by atomic mass is 32.2. The van der Waals surface area contributed by atoms with E-state index < -0.39 is 128 Å². The molecule has 4 N–H and O–H groups in total. The molecule has 4 aromatic rings. The largest absolute Gasteiger partial charge is 0.471 e. The molecule has 3 aliphatic heterocycles. The van der Waals surface area contributed by atoms with Gasteiger partial charge >= 0.3 is 24.2 Å². The minimum Gasteiger partial charge on any atom is -0.336 e. The Morgan fingerprint density at radius 1 is 0.658 bits per heavy atom. The van der Waals surface area contributed by atoms with Crippen molar-refractivity contribution in [1.29, 1.82) is 10.5 Å². The first-order valence-corrected chi connectivity index (χ1v) is 26.9. The van der Waals surface area contributed by atoms with Crippen LogP contribution in [0, 0.1) is 50.5 Å². The van der Waals surface area contributed by atoms with Gasteiger partial charge in [0.1, 0.15) is 47.9 Å². The Kier molecular flexibility index (Phi) is 16.0. The molecule has 16 nitrogen and oxygen atoms in total. The minimum absolute atomic E-state index is 0.00701. The summed E-state index contributed by atoms with van der Waals surface area (Å²) in [5.41, 5.74) is -3.41. The summed E-state index contributed by atoms with van der Waals surface area (Å²) in [5, 5.41) is 30.1. The van der Waals surface area contributed by atoms with E-state index in [1.165, 1.54) is 77.6 Å². The van der Waals surface area contributed by atoms with Crippen molar-refractivity contribution in [1.82, 2.24) is 41.0 Å². The first-order chi connectivity index (χ1) is 36.9. The van der Waals surface area contributed by atoms with Crippen LogP contribution in [-0.4, -0.2) is 120 Å². The summed E-state index contributed by atoms with van der Waals surface area (Å²) in [4.78, 5) is 95.1. The Hall–Kier alpha value is -6.80. The Morgan fingerprint density at radius 2 is 1.11 bits per heavy atom. The van der Waals surface area contributed by atoms with Crippen LogP contribution < -0.4 is 21.3 Å². The van der Waals surface area contributed by atoms with Crippen LogP contribution in [0.5, 0.6) is 0 Å². The smallest absolute Gasteiger partial charge is 0.336 e. The number of hydrogen-bond donors (Lipinski definition) is 4.